The maximum Gasteiger partial charge on any atom is 0.136 e. The number of rotatable bonds is 5. The molecule has 0 fully saturated rings. The number of nitrogens with one attached hydrogen (secondary N) is 2. The highest BCUT2D eigenvalue weighted by molar-refractivity contribution is 14.1. The second-order valence-electron chi connectivity index (χ2n) is 4.93. The monoisotopic (exact) mass is 400 g/mol. The summed E-state index contributed by atoms with van der Waals surface area (Å²) < 4.78 is 14.0. The van der Waals surface area contributed by atoms with Crippen LogP contribution in [0.4, 0.5) is 21.7 Å². The molecule has 2 N–H and O–H groups in total. The molecule has 0 unspecified atom stereocenters. The maximum atomic E-state index is 13.2. The van der Waals surface area contributed by atoms with Gasteiger partial charge in [-0.2, -0.15) is 0 Å². The van der Waals surface area contributed by atoms with Gasteiger partial charge < -0.3 is 10.6 Å². The summed E-state index contributed by atoms with van der Waals surface area (Å²) in [6, 6.07) is 6.48. The fraction of sp³-hybridized carbons (Fsp3) is 0.333. The third-order valence-electron chi connectivity index (χ3n) is 2.81. The van der Waals surface area contributed by atoms with Crippen LogP contribution in [0.3, 0.4) is 0 Å². The van der Waals surface area contributed by atoms with Crippen LogP contribution < -0.4 is 10.6 Å². The Balaban J connectivity index is 2.33. The molecule has 4 nitrogen and oxygen atoms in total. The number of aromatic nitrogens is 2. The Hall–Kier alpha value is -1.44. The number of nitrogens with zero attached hydrogens (tertiary/aromatic N) is 2. The summed E-state index contributed by atoms with van der Waals surface area (Å²) in [7, 11) is 0. The quantitative estimate of drug-likeness (QED) is 0.725. The van der Waals surface area contributed by atoms with Crippen molar-refractivity contribution in [2.45, 2.75) is 26.7 Å². The average molecular weight is 400 g/mol. The van der Waals surface area contributed by atoms with Crippen LogP contribution >= 0.6 is 22.6 Å². The number of halogens is 2. The van der Waals surface area contributed by atoms with Crippen LogP contribution in [0.1, 0.15) is 32.5 Å². The number of hydrogen-bond acceptors (Lipinski definition) is 4. The van der Waals surface area contributed by atoms with Crippen molar-refractivity contribution >= 4 is 39.9 Å². The molecule has 2 aromatic rings. The molecule has 0 radical (unpaired) electrons. The van der Waals surface area contributed by atoms with Crippen LogP contribution in [-0.2, 0) is 0 Å². The zero-order valence-corrected chi connectivity index (χ0v) is 14.4. The van der Waals surface area contributed by atoms with Gasteiger partial charge in [0, 0.05) is 22.1 Å². The molecular weight excluding hydrogens is 382 g/mol. The van der Waals surface area contributed by atoms with Gasteiger partial charge in [-0.15, -0.1) is 0 Å². The van der Waals surface area contributed by atoms with Gasteiger partial charge in [0.05, 0.1) is 5.69 Å². The van der Waals surface area contributed by atoms with Gasteiger partial charge >= 0.3 is 0 Å². The Kier molecular flexibility index (Phi) is 5.33. The van der Waals surface area contributed by atoms with Crippen LogP contribution in [0.5, 0.6) is 0 Å². The molecule has 1 aromatic carbocycles. The Bertz CT molecular complexity index is 631. The second kappa shape index (κ2) is 7.02. The van der Waals surface area contributed by atoms with Gasteiger partial charge in [-0.25, -0.2) is 14.4 Å². The lowest BCUT2D eigenvalue weighted by Crippen LogP contribution is -2.07. The van der Waals surface area contributed by atoms with Crippen LogP contribution in [-0.4, -0.2) is 16.5 Å². The fourth-order valence-electron chi connectivity index (χ4n) is 1.79. The van der Waals surface area contributed by atoms with Gasteiger partial charge in [0.2, 0.25) is 0 Å². The van der Waals surface area contributed by atoms with E-state index in [1.807, 2.05) is 13.0 Å². The van der Waals surface area contributed by atoms with Crippen molar-refractivity contribution in [2.24, 2.45) is 0 Å². The van der Waals surface area contributed by atoms with Crippen molar-refractivity contribution in [3.05, 3.63) is 39.5 Å². The van der Waals surface area contributed by atoms with Gasteiger partial charge in [0.15, 0.2) is 0 Å². The molecular formula is C15H18FIN4. The zero-order chi connectivity index (χ0) is 15.4. The lowest BCUT2D eigenvalue weighted by molar-refractivity contribution is 0.627. The zero-order valence-electron chi connectivity index (χ0n) is 12.2. The van der Waals surface area contributed by atoms with Crippen molar-refractivity contribution in [3.63, 3.8) is 0 Å². The summed E-state index contributed by atoms with van der Waals surface area (Å²) in [4.78, 5) is 8.99. The Labute approximate surface area is 137 Å². The second-order valence-corrected chi connectivity index (χ2v) is 6.09. The van der Waals surface area contributed by atoms with Gasteiger partial charge in [-0.1, -0.05) is 13.8 Å². The first kappa shape index (κ1) is 15.9. The van der Waals surface area contributed by atoms with E-state index in [4.69, 9.17) is 0 Å². The minimum atomic E-state index is -0.246. The predicted molar refractivity (Wildman–Crippen MR) is 92.7 cm³/mol. The van der Waals surface area contributed by atoms with E-state index >= 15 is 0 Å². The minimum Gasteiger partial charge on any atom is -0.370 e. The molecule has 0 saturated carbocycles. The van der Waals surface area contributed by atoms with Gasteiger partial charge in [0.1, 0.15) is 23.3 Å². The molecule has 0 spiro atoms. The molecule has 2 rings (SSSR count). The van der Waals surface area contributed by atoms with Gasteiger partial charge in [-0.3, -0.25) is 0 Å². The van der Waals surface area contributed by atoms with Crippen LogP contribution in [0.15, 0.2) is 24.3 Å². The van der Waals surface area contributed by atoms with E-state index in [1.54, 1.807) is 6.07 Å². The molecule has 0 bridgehead atoms. The van der Waals surface area contributed by atoms with E-state index in [-0.39, 0.29) is 11.7 Å². The molecule has 21 heavy (non-hydrogen) atoms. The van der Waals surface area contributed by atoms with E-state index < -0.39 is 0 Å². The largest absolute Gasteiger partial charge is 0.370 e. The first-order valence-corrected chi connectivity index (χ1v) is 7.92. The van der Waals surface area contributed by atoms with Crippen molar-refractivity contribution in [2.75, 3.05) is 17.2 Å². The molecule has 6 heteroatoms. The van der Waals surface area contributed by atoms with Crippen LogP contribution in [0, 0.1) is 9.39 Å². The molecule has 1 aromatic heterocycles. The topological polar surface area (TPSA) is 49.8 Å². The summed E-state index contributed by atoms with van der Waals surface area (Å²) >= 11 is 2.10. The molecule has 0 atom stereocenters. The lowest BCUT2D eigenvalue weighted by Gasteiger charge is -2.13. The number of anilines is 3. The molecule has 1 heterocycles. The van der Waals surface area contributed by atoms with Crippen LogP contribution in [0.2, 0.25) is 0 Å². The van der Waals surface area contributed by atoms with Gasteiger partial charge in [-0.05, 0) is 47.7 Å². The highest BCUT2D eigenvalue weighted by Crippen LogP contribution is 2.24. The molecule has 0 saturated heterocycles. The van der Waals surface area contributed by atoms with E-state index in [0.29, 0.717) is 5.82 Å². The molecule has 0 amide bonds. The Morgan fingerprint density at radius 2 is 1.90 bits per heavy atom. The summed E-state index contributed by atoms with van der Waals surface area (Å²) in [5.74, 6) is 2.25. The van der Waals surface area contributed by atoms with Crippen molar-refractivity contribution in [1.82, 2.24) is 9.97 Å². The third kappa shape index (κ3) is 4.26. The minimum absolute atomic E-state index is 0.233. The Morgan fingerprint density at radius 1 is 1.19 bits per heavy atom. The standard InChI is InChI=1S/C15H18FIN4/c1-4-18-13-8-14(21-15(20-13)9(2)3)19-12-6-5-10(16)7-11(12)17/h5-9H,4H2,1-3H3,(H2,18,19,20,21). The highest BCUT2D eigenvalue weighted by atomic mass is 127. The highest BCUT2D eigenvalue weighted by Gasteiger charge is 2.09. The first-order valence-electron chi connectivity index (χ1n) is 6.84. The fourth-order valence-corrected chi connectivity index (χ4v) is 2.40. The normalized spacial score (nSPS) is 10.8. The summed E-state index contributed by atoms with van der Waals surface area (Å²) in [6.45, 7) is 6.92. The smallest absolute Gasteiger partial charge is 0.136 e. The summed E-state index contributed by atoms with van der Waals surface area (Å²) in [5.41, 5.74) is 0.827. The third-order valence-corrected chi connectivity index (χ3v) is 3.70. The molecule has 0 aliphatic carbocycles. The molecule has 112 valence electrons. The average Bonchev–Trinajstić information content (AvgIpc) is 2.42. The van der Waals surface area contributed by atoms with Gasteiger partial charge in [0.25, 0.3) is 0 Å². The van der Waals surface area contributed by atoms with E-state index in [0.717, 1.165) is 27.4 Å². The molecule has 0 aliphatic rings. The van der Waals surface area contributed by atoms with Crippen LogP contribution in [0.25, 0.3) is 0 Å². The van der Waals surface area contributed by atoms with Crippen molar-refractivity contribution in [1.29, 1.82) is 0 Å². The Morgan fingerprint density at radius 3 is 2.52 bits per heavy atom. The maximum absolute atomic E-state index is 13.2. The lowest BCUT2D eigenvalue weighted by atomic mass is 10.2. The number of hydrogen-bond donors (Lipinski definition) is 2. The van der Waals surface area contributed by atoms with Crippen molar-refractivity contribution < 1.29 is 4.39 Å². The number of benzene rings is 1. The first-order chi connectivity index (χ1) is 9.99. The van der Waals surface area contributed by atoms with Crippen molar-refractivity contribution in [3.8, 4) is 0 Å². The summed E-state index contributed by atoms with van der Waals surface area (Å²) in [6.07, 6.45) is 0. The van der Waals surface area contributed by atoms with E-state index in [9.17, 15) is 4.39 Å². The molecule has 0 aliphatic heterocycles. The van der Waals surface area contributed by atoms with E-state index in [2.05, 4.69) is 57.0 Å². The summed E-state index contributed by atoms with van der Waals surface area (Å²) in [5, 5.41) is 6.43. The van der Waals surface area contributed by atoms with E-state index in [1.165, 1.54) is 12.1 Å². The predicted octanol–water partition coefficient (Wildman–Crippen LogP) is 4.52. The SMILES string of the molecule is CCNc1cc(Nc2ccc(F)cc2I)nc(C(C)C)n1.